The lowest BCUT2D eigenvalue weighted by Crippen LogP contribution is -2.20. The fourth-order valence-corrected chi connectivity index (χ4v) is 2.72. The van der Waals surface area contributed by atoms with Gasteiger partial charge in [0.15, 0.2) is 0 Å². The highest BCUT2D eigenvalue weighted by Crippen LogP contribution is 2.20. The molecule has 14 heavy (non-hydrogen) atoms. The lowest BCUT2D eigenvalue weighted by Gasteiger charge is -2.12. The van der Waals surface area contributed by atoms with Crippen molar-refractivity contribution < 1.29 is 0 Å². The molecule has 76 valence electrons. The number of nitrogens with zero attached hydrogens (tertiary/aromatic N) is 2. The first kappa shape index (κ1) is 9.65. The zero-order chi connectivity index (χ0) is 9.80. The van der Waals surface area contributed by atoms with Crippen LogP contribution in [0.25, 0.3) is 0 Å². The molecule has 3 nitrogen and oxygen atoms in total. The zero-order valence-electron chi connectivity index (χ0n) is 8.15. The van der Waals surface area contributed by atoms with E-state index in [4.69, 9.17) is 0 Å². The van der Waals surface area contributed by atoms with Gasteiger partial charge in [0.05, 0.1) is 0 Å². The molecule has 1 saturated heterocycles. The number of allylic oxidation sites excluding steroid dienone is 1. The quantitative estimate of drug-likeness (QED) is 0.769. The maximum Gasteiger partial charge on any atom is 0.203 e. The molecule has 2 heterocycles. The van der Waals surface area contributed by atoms with Gasteiger partial charge in [0.25, 0.3) is 0 Å². The molecule has 0 saturated carbocycles. The van der Waals surface area contributed by atoms with E-state index in [1.807, 2.05) is 30.2 Å². The monoisotopic (exact) mass is 209 g/mol. The Labute approximate surface area is 88.6 Å². The minimum atomic E-state index is 0.589. The highest BCUT2D eigenvalue weighted by molar-refractivity contribution is 7.99. The van der Waals surface area contributed by atoms with E-state index < -0.39 is 0 Å². The normalized spacial score (nSPS) is 21.0. The molecular weight excluding hydrogens is 194 g/mol. The van der Waals surface area contributed by atoms with Gasteiger partial charge in [-0.25, -0.2) is 4.98 Å². The molecule has 1 aromatic heterocycles. The smallest absolute Gasteiger partial charge is 0.203 e. The molecular formula is C10H15N3S. The maximum atomic E-state index is 4.29. The Morgan fingerprint density at radius 1 is 1.79 bits per heavy atom. The van der Waals surface area contributed by atoms with E-state index in [1.54, 1.807) is 0 Å². The standard InChI is InChI=1S/C10H15N3S/c1-2-5-13-6-4-11-10(13)12-9-3-7-14-8-9/h2,4,6,9H,1,3,5,7-8H2,(H,11,12). The topological polar surface area (TPSA) is 29.9 Å². The Balaban J connectivity index is 1.99. The first-order valence-electron chi connectivity index (χ1n) is 4.86. The molecule has 2 rings (SSSR count). The molecule has 1 unspecified atom stereocenters. The van der Waals surface area contributed by atoms with E-state index in [0.29, 0.717) is 6.04 Å². The van der Waals surface area contributed by atoms with Crippen LogP contribution in [0.15, 0.2) is 25.0 Å². The van der Waals surface area contributed by atoms with Gasteiger partial charge in [0.1, 0.15) is 0 Å². The van der Waals surface area contributed by atoms with E-state index in [0.717, 1.165) is 12.5 Å². The maximum absolute atomic E-state index is 4.29. The van der Waals surface area contributed by atoms with Crippen molar-refractivity contribution in [1.29, 1.82) is 0 Å². The number of rotatable bonds is 4. The second kappa shape index (κ2) is 4.55. The van der Waals surface area contributed by atoms with Crippen molar-refractivity contribution in [2.45, 2.75) is 19.0 Å². The van der Waals surface area contributed by atoms with Crippen molar-refractivity contribution in [1.82, 2.24) is 9.55 Å². The Bertz CT molecular complexity index is 302. The van der Waals surface area contributed by atoms with Gasteiger partial charge in [-0.1, -0.05) is 6.08 Å². The highest BCUT2D eigenvalue weighted by Gasteiger charge is 2.16. The summed E-state index contributed by atoms with van der Waals surface area (Å²) in [6.07, 6.45) is 6.93. The van der Waals surface area contributed by atoms with Crippen LogP contribution in [0.4, 0.5) is 5.95 Å². The van der Waals surface area contributed by atoms with Crippen LogP contribution in [0.2, 0.25) is 0 Å². The van der Waals surface area contributed by atoms with E-state index in [2.05, 4.69) is 21.4 Å². The number of hydrogen-bond donors (Lipinski definition) is 1. The summed E-state index contributed by atoms with van der Waals surface area (Å²) in [6, 6.07) is 0.589. The summed E-state index contributed by atoms with van der Waals surface area (Å²) in [4.78, 5) is 4.29. The molecule has 0 amide bonds. The lowest BCUT2D eigenvalue weighted by atomic mass is 10.3. The van der Waals surface area contributed by atoms with E-state index in [9.17, 15) is 0 Å². The minimum absolute atomic E-state index is 0.589. The third-order valence-corrected chi connectivity index (χ3v) is 3.47. The third kappa shape index (κ3) is 2.12. The summed E-state index contributed by atoms with van der Waals surface area (Å²) in [5, 5.41) is 3.46. The van der Waals surface area contributed by atoms with Crippen LogP contribution in [-0.4, -0.2) is 27.1 Å². The molecule has 0 radical (unpaired) electrons. The summed E-state index contributed by atoms with van der Waals surface area (Å²) in [5.74, 6) is 3.43. The first-order chi connectivity index (χ1) is 6.90. The van der Waals surface area contributed by atoms with Crippen molar-refractivity contribution in [3.63, 3.8) is 0 Å². The van der Waals surface area contributed by atoms with E-state index in [-0.39, 0.29) is 0 Å². The molecule has 0 bridgehead atoms. The lowest BCUT2D eigenvalue weighted by molar-refractivity contribution is 0.758. The Morgan fingerprint density at radius 3 is 3.43 bits per heavy atom. The largest absolute Gasteiger partial charge is 0.352 e. The minimum Gasteiger partial charge on any atom is -0.352 e. The SMILES string of the molecule is C=CCn1ccnc1NC1CCSC1. The van der Waals surface area contributed by atoms with Gasteiger partial charge in [-0.05, 0) is 12.2 Å². The number of anilines is 1. The number of aromatic nitrogens is 2. The Hall–Kier alpha value is -0.900. The van der Waals surface area contributed by atoms with Gasteiger partial charge in [0.2, 0.25) is 5.95 Å². The zero-order valence-corrected chi connectivity index (χ0v) is 8.96. The van der Waals surface area contributed by atoms with Gasteiger partial charge in [-0.3, -0.25) is 0 Å². The molecule has 0 spiro atoms. The van der Waals surface area contributed by atoms with Crippen LogP contribution in [-0.2, 0) is 6.54 Å². The first-order valence-corrected chi connectivity index (χ1v) is 6.02. The average Bonchev–Trinajstić information content (AvgIpc) is 2.80. The number of nitrogens with one attached hydrogen (secondary N) is 1. The summed E-state index contributed by atoms with van der Waals surface area (Å²) >= 11 is 2.00. The number of thioether (sulfide) groups is 1. The Kier molecular flexibility index (Phi) is 3.14. The van der Waals surface area contributed by atoms with Gasteiger partial charge in [-0.2, -0.15) is 11.8 Å². The van der Waals surface area contributed by atoms with Crippen molar-refractivity contribution in [3.05, 3.63) is 25.0 Å². The molecule has 1 N–H and O–H groups in total. The van der Waals surface area contributed by atoms with Crippen LogP contribution in [0.3, 0.4) is 0 Å². The van der Waals surface area contributed by atoms with Crippen LogP contribution >= 0.6 is 11.8 Å². The predicted octanol–water partition coefficient (Wildman–Crippen LogP) is 1.99. The molecule has 1 aromatic rings. The average molecular weight is 209 g/mol. The van der Waals surface area contributed by atoms with E-state index in [1.165, 1.54) is 17.9 Å². The predicted molar refractivity (Wildman–Crippen MR) is 61.8 cm³/mol. The van der Waals surface area contributed by atoms with Crippen molar-refractivity contribution >= 4 is 17.7 Å². The molecule has 0 aromatic carbocycles. The van der Waals surface area contributed by atoms with Crippen LogP contribution in [0, 0.1) is 0 Å². The fraction of sp³-hybridized carbons (Fsp3) is 0.500. The number of hydrogen-bond acceptors (Lipinski definition) is 3. The molecule has 1 atom stereocenters. The summed E-state index contributed by atoms with van der Waals surface area (Å²) in [7, 11) is 0. The highest BCUT2D eigenvalue weighted by atomic mass is 32.2. The molecule has 0 aliphatic carbocycles. The molecule has 1 aliphatic rings. The van der Waals surface area contributed by atoms with Gasteiger partial charge in [-0.15, -0.1) is 6.58 Å². The van der Waals surface area contributed by atoms with Gasteiger partial charge >= 0.3 is 0 Å². The van der Waals surface area contributed by atoms with E-state index >= 15 is 0 Å². The summed E-state index contributed by atoms with van der Waals surface area (Å²) in [5.41, 5.74) is 0. The van der Waals surface area contributed by atoms with Crippen LogP contribution < -0.4 is 5.32 Å². The van der Waals surface area contributed by atoms with Crippen LogP contribution in [0.1, 0.15) is 6.42 Å². The third-order valence-electron chi connectivity index (χ3n) is 2.30. The number of imidazole rings is 1. The second-order valence-corrected chi connectivity index (χ2v) is 4.55. The van der Waals surface area contributed by atoms with Crippen molar-refractivity contribution in [2.24, 2.45) is 0 Å². The van der Waals surface area contributed by atoms with Crippen molar-refractivity contribution in [3.8, 4) is 0 Å². The summed E-state index contributed by atoms with van der Waals surface area (Å²) < 4.78 is 2.08. The van der Waals surface area contributed by atoms with Gasteiger partial charge in [0, 0.05) is 30.7 Å². The Morgan fingerprint density at radius 2 is 2.71 bits per heavy atom. The fourth-order valence-electron chi connectivity index (χ4n) is 1.57. The molecule has 1 aliphatic heterocycles. The van der Waals surface area contributed by atoms with Gasteiger partial charge < -0.3 is 9.88 Å². The molecule has 1 fully saturated rings. The van der Waals surface area contributed by atoms with Crippen LogP contribution in [0.5, 0.6) is 0 Å². The molecule has 4 heteroatoms. The second-order valence-electron chi connectivity index (χ2n) is 3.40. The van der Waals surface area contributed by atoms with Crippen molar-refractivity contribution in [2.75, 3.05) is 16.8 Å². The summed E-state index contributed by atoms with van der Waals surface area (Å²) in [6.45, 7) is 4.55.